The van der Waals surface area contributed by atoms with Crippen molar-refractivity contribution in [1.29, 1.82) is 0 Å². The van der Waals surface area contributed by atoms with Crippen LogP contribution in [-0.2, 0) is 6.54 Å². The predicted molar refractivity (Wildman–Crippen MR) is 99.0 cm³/mol. The standard InChI is InChI=1S/C19H17ClN2O4/c1-12(23)13-2-5-16(6-3-13)26-10-15(24)9-22-11-21-18-8-14(20)4-7-17(18)19(22)25/h2-8,11,15,24H,9-10H2,1H3/t15-/m1/s1. The predicted octanol–water partition coefficient (Wildman–Crippen LogP) is 2.69. The van der Waals surface area contributed by atoms with Crippen LogP contribution in [0.4, 0.5) is 0 Å². The lowest BCUT2D eigenvalue weighted by atomic mass is 10.1. The fourth-order valence-corrected chi connectivity index (χ4v) is 2.69. The maximum atomic E-state index is 12.4. The van der Waals surface area contributed by atoms with Crippen molar-refractivity contribution in [3.63, 3.8) is 0 Å². The third kappa shape index (κ3) is 4.09. The average molecular weight is 373 g/mol. The van der Waals surface area contributed by atoms with Crippen LogP contribution in [0.15, 0.2) is 53.6 Å². The number of ketones is 1. The van der Waals surface area contributed by atoms with Crippen LogP contribution >= 0.6 is 11.6 Å². The van der Waals surface area contributed by atoms with Crippen LogP contribution in [0.2, 0.25) is 5.02 Å². The number of halogens is 1. The molecule has 1 atom stereocenters. The first-order valence-electron chi connectivity index (χ1n) is 8.00. The highest BCUT2D eigenvalue weighted by atomic mass is 35.5. The van der Waals surface area contributed by atoms with E-state index in [1.807, 2.05) is 0 Å². The van der Waals surface area contributed by atoms with Crippen LogP contribution < -0.4 is 10.3 Å². The van der Waals surface area contributed by atoms with Gasteiger partial charge in [0.05, 0.1) is 23.8 Å². The van der Waals surface area contributed by atoms with Gasteiger partial charge in [0.2, 0.25) is 0 Å². The number of ether oxygens (including phenoxy) is 1. The van der Waals surface area contributed by atoms with Gasteiger partial charge in [0.25, 0.3) is 5.56 Å². The molecule has 0 unspecified atom stereocenters. The number of aromatic nitrogens is 2. The molecule has 1 aromatic heterocycles. The summed E-state index contributed by atoms with van der Waals surface area (Å²) in [6.07, 6.45) is 0.484. The molecule has 1 N–H and O–H groups in total. The van der Waals surface area contributed by atoms with Crippen LogP contribution in [0.1, 0.15) is 17.3 Å². The molecule has 0 bridgehead atoms. The van der Waals surface area contributed by atoms with Crippen LogP contribution in [0.25, 0.3) is 10.9 Å². The van der Waals surface area contributed by atoms with Crippen molar-refractivity contribution in [2.45, 2.75) is 19.6 Å². The van der Waals surface area contributed by atoms with Crippen molar-refractivity contribution in [3.05, 3.63) is 69.7 Å². The van der Waals surface area contributed by atoms with Crippen LogP contribution in [-0.4, -0.2) is 33.2 Å². The quantitative estimate of drug-likeness (QED) is 0.673. The summed E-state index contributed by atoms with van der Waals surface area (Å²) in [5.41, 5.74) is 0.846. The van der Waals surface area contributed by atoms with Gasteiger partial charge in [0.1, 0.15) is 18.5 Å². The van der Waals surface area contributed by atoms with E-state index in [0.717, 1.165) is 0 Å². The summed E-state index contributed by atoms with van der Waals surface area (Å²) in [5.74, 6) is 0.508. The Kier molecular flexibility index (Phi) is 5.35. The SMILES string of the molecule is CC(=O)c1ccc(OC[C@H](O)Cn2cnc3cc(Cl)ccc3c2=O)cc1. The molecule has 0 saturated carbocycles. The van der Waals surface area contributed by atoms with E-state index < -0.39 is 6.10 Å². The lowest BCUT2D eigenvalue weighted by Gasteiger charge is -2.14. The van der Waals surface area contributed by atoms with Gasteiger partial charge >= 0.3 is 0 Å². The van der Waals surface area contributed by atoms with Crippen LogP contribution in [0.5, 0.6) is 5.75 Å². The zero-order valence-corrected chi connectivity index (χ0v) is 14.8. The number of nitrogens with zero attached hydrogens (tertiary/aromatic N) is 2. The molecule has 3 rings (SSSR count). The molecular formula is C19H17ClN2O4. The van der Waals surface area contributed by atoms with E-state index in [0.29, 0.717) is 27.2 Å². The Bertz CT molecular complexity index is 999. The van der Waals surface area contributed by atoms with E-state index in [4.69, 9.17) is 16.3 Å². The zero-order chi connectivity index (χ0) is 18.7. The lowest BCUT2D eigenvalue weighted by molar-refractivity contribution is 0.0914. The van der Waals surface area contributed by atoms with E-state index >= 15 is 0 Å². The molecular weight excluding hydrogens is 356 g/mol. The number of hydrogen-bond acceptors (Lipinski definition) is 5. The third-order valence-electron chi connectivity index (χ3n) is 3.90. The zero-order valence-electron chi connectivity index (χ0n) is 14.1. The maximum absolute atomic E-state index is 12.4. The van der Waals surface area contributed by atoms with E-state index in [9.17, 15) is 14.7 Å². The summed E-state index contributed by atoms with van der Waals surface area (Å²) in [7, 11) is 0. The summed E-state index contributed by atoms with van der Waals surface area (Å²) in [6, 6.07) is 11.5. The second-order valence-electron chi connectivity index (χ2n) is 5.91. The minimum Gasteiger partial charge on any atom is -0.491 e. The molecule has 0 amide bonds. The minimum absolute atomic E-state index is 0.00448. The van der Waals surface area contributed by atoms with Crippen molar-refractivity contribution in [1.82, 2.24) is 9.55 Å². The average Bonchev–Trinajstić information content (AvgIpc) is 2.62. The van der Waals surface area contributed by atoms with Crippen LogP contribution in [0, 0.1) is 0 Å². The van der Waals surface area contributed by atoms with Crippen molar-refractivity contribution < 1.29 is 14.6 Å². The molecule has 0 saturated heterocycles. The van der Waals surface area contributed by atoms with Gasteiger partial charge in [-0.1, -0.05) is 11.6 Å². The Morgan fingerprint density at radius 3 is 2.69 bits per heavy atom. The Morgan fingerprint density at radius 1 is 1.27 bits per heavy atom. The fraction of sp³-hybridized carbons (Fsp3) is 0.211. The number of rotatable bonds is 6. The van der Waals surface area contributed by atoms with Gasteiger partial charge in [-0.25, -0.2) is 4.98 Å². The number of Topliss-reactive ketones (excluding diaryl/α,β-unsaturated/α-hetero) is 1. The number of benzene rings is 2. The topological polar surface area (TPSA) is 81.4 Å². The molecule has 26 heavy (non-hydrogen) atoms. The molecule has 1 heterocycles. The Labute approximate surface area is 154 Å². The molecule has 3 aromatic rings. The van der Waals surface area contributed by atoms with E-state index in [1.165, 1.54) is 17.8 Å². The first-order chi connectivity index (χ1) is 12.4. The normalized spacial score (nSPS) is 12.1. The number of carbonyl (C=O) groups excluding carboxylic acids is 1. The minimum atomic E-state index is -0.897. The Hall–Kier alpha value is -2.70. The van der Waals surface area contributed by atoms with Gasteiger partial charge in [0, 0.05) is 10.6 Å². The number of carbonyl (C=O) groups is 1. The van der Waals surface area contributed by atoms with Crippen molar-refractivity contribution in [3.8, 4) is 5.75 Å². The summed E-state index contributed by atoms with van der Waals surface area (Å²) in [4.78, 5) is 27.9. The largest absolute Gasteiger partial charge is 0.491 e. The van der Waals surface area contributed by atoms with Gasteiger partial charge in [-0.15, -0.1) is 0 Å². The molecule has 0 aliphatic heterocycles. The second kappa shape index (κ2) is 7.68. The monoisotopic (exact) mass is 372 g/mol. The summed E-state index contributed by atoms with van der Waals surface area (Å²) < 4.78 is 6.84. The van der Waals surface area contributed by atoms with Crippen LogP contribution in [0.3, 0.4) is 0 Å². The summed E-state index contributed by atoms with van der Waals surface area (Å²) >= 11 is 5.90. The van der Waals surface area contributed by atoms with E-state index in [1.54, 1.807) is 42.5 Å². The first-order valence-corrected chi connectivity index (χ1v) is 8.38. The molecule has 134 valence electrons. The van der Waals surface area contributed by atoms with Gasteiger partial charge in [0.15, 0.2) is 5.78 Å². The second-order valence-corrected chi connectivity index (χ2v) is 6.35. The molecule has 0 aliphatic rings. The molecule has 0 radical (unpaired) electrons. The first kappa shape index (κ1) is 18.1. The summed E-state index contributed by atoms with van der Waals surface area (Å²) in [5, 5.41) is 11.1. The van der Waals surface area contributed by atoms with Gasteiger partial charge in [-0.05, 0) is 49.4 Å². The van der Waals surface area contributed by atoms with Crippen molar-refractivity contribution >= 4 is 28.3 Å². The molecule has 0 fully saturated rings. The van der Waals surface area contributed by atoms with Gasteiger partial charge in [-0.2, -0.15) is 0 Å². The number of hydrogen-bond donors (Lipinski definition) is 1. The van der Waals surface area contributed by atoms with Crippen molar-refractivity contribution in [2.24, 2.45) is 0 Å². The summed E-state index contributed by atoms with van der Waals surface area (Å²) in [6.45, 7) is 1.54. The number of fused-ring (bicyclic) bond motifs is 1. The maximum Gasteiger partial charge on any atom is 0.261 e. The molecule has 0 aliphatic carbocycles. The molecule has 6 nitrogen and oxygen atoms in total. The van der Waals surface area contributed by atoms with E-state index in [2.05, 4.69) is 4.98 Å². The van der Waals surface area contributed by atoms with E-state index in [-0.39, 0.29) is 24.5 Å². The number of aliphatic hydroxyl groups is 1. The highest BCUT2D eigenvalue weighted by Gasteiger charge is 2.11. The lowest BCUT2D eigenvalue weighted by Crippen LogP contribution is -2.30. The molecule has 7 heteroatoms. The number of aliphatic hydroxyl groups excluding tert-OH is 1. The molecule has 2 aromatic carbocycles. The Morgan fingerprint density at radius 2 is 2.00 bits per heavy atom. The van der Waals surface area contributed by atoms with Crippen molar-refractivity contribution in [2.75, 3.05) is 6.61 Å². The van der Waals surface area contributed by atoms with Gasteiger partial charge in [-0.3, -0.25) is 14.2 Å². The third-order valence-corrected chi connectivity index (χ3v) is 4.13. The van der Waals surface area contributed by atoms with Gasteiger partial charge < -0.3 is 9.84 Å². The highest BCUT2D eigenvalue weighted by Crippen LogP contribution is 2.15. The smallest absolute Gasteiger partial charge is 0.261 e. The fourth-order valence-electron chi connectivity index (χ4n) is 2.52. The Balaban J connectivity index is 1.66. The highest BCUT2D eigenvalue weighted by molar-refractivity contribution is 6.31. The molecule has 0 spiro atoms.